The number of aromatic nitrogens is 8. The maximum absolute atomic E-state index is 2.85. The lowest BCUT2D eigenvalue weighted by molar-refractivity contribution is 0.869. The molecule has 0 unspecified atom stereocenters. The van der Waals surface area contributed by atoms with E-state index in [-0.39, 0.29) is 23.7 Å². The Bertz CT molecular complexity index is 10200. The van der Waals surface area contributed by atoms with E-state index in [9.17, 15) is 0 Å². The molecule has 30 aromatic rings. The molecule has 8 heteroatoms. The second-order valence-electron chi connectivity index (χ2n) is 37.9. The lowest BCUT2D eigenvalue weighted by Crippen LogP contribution is -2.02. The molecule has 0 saturated carbocycles. The zero-order valence-corrected chi connectivity index (χ0v) is 72.1. The molecule has 0 radical (unpaired) electrons. The summed E-state index contributed by atoms with van der Waals surface area (Å²) in [6, 6.07) is 126. The largest absolute Gasteiger partial charge is 0.309 e. The van der Waals surface area contributed by atoms with Crippen molar-refractivity contribution in [1.82, 2.24) is 35.9 Å². The van der Waals surface area contributed by atoms with Gasteiger partial charge in [-0.2, -0.15) is 0 Å². The van der Waals surface area contributed by atoms with Crippen molar-refractivity contribution in [2.45, 2.75) is 79.1 Å². The Morgan fingerprint density at radius 1 is 0.148 bits per heavy atom. The van der Waals surface area contributed by atoms with Gasteiger partial charge in [-0.1, -0.05) is 298 Å². The van der Waals surface area contributed by atoms with Gasteiger partial charge >= 0.3 is 0 Å². The molecular formula is C120H82N8. The third-order valence-electron chi connectivity index (χ3n) is 30.2. The topological polar surface area (TPSA) is 37.4 Å². The summed E-state index contributed by atoms with van der Waals surface area (Å²) >= 11 is 0. The van der Waals surface area contributed by atoms with Crippen LogP contribution in [0.1, 0.15) is 101 Å². The molecule has 0 bridgehead atoms. The van der Waals surface area contributed by atoms with E-state index < -0.39 is 0 Å². The molecular weight excluding hydrogens is 1550 g/mol. The molecule has 30 rings (SSSR count). The maximum Gasteiger partial charge on any atom is 0.0789 e. The van der Waals surface area contributed by atoms with Gasteiger partial charge in [-0.3, -0.25) is 0 Å². The predicted molar refractivity (Wildman–Crippen MR) is 544 cm³/mol. The van der Waals surface area contributed by atoms with E-state index >= 15 is 0 Å². The lowest BCUT2D eigenvalue weighted by atomic mass is 9.86. The minimum Gasteiger partial charge on any atom is -0.309 e. The molecule has 12 heterocycles. The van der Waals surface area contributed by atoms with Gasteiger partial charge in [-0.25, -0.2) is 0 Å². The third kappa shape index (κ3) is 8.15. The van der Waals surface area contributed by atoms with Crippen molar-refractivity contribution in [3.05, 3.63) is 350 Å². The highest BCUT2D eigenvalue weighted by atomic mass is 15.1. The first-order chi connectivity index (χ1) is 63.0. The first kappa shape index (κ1) is 69.7. The maximum atomic E-state index is 2.85. The van der Waals surface area contributed by atoms with Crippen LogP contribution in [-0.4, -0.2) is 35.9 Å². The molecule has 128 heavy (non-hydrogen) atoms. The molecule has 0 fully saturated rings. The minimum absolute atomic E-state index is 0.0753. The minimum atomic E-state index is 0.0753. The van der Waals surface area contributed by atoms with E-state index in [1.807, 2.05) is 0 Å². The Morgan fingerprint density at radius 3 is 0.867 bits per heavy atom. The van der Waals surface area contributed by atoms with Crippen LogP contribution < -0.4 is 0 Å². The number of para-hydroxylation sites is 11. The first-order valence-electron chi connectivity index (χ1n) is 45.8. The normalized spacial score (nSPS) is 13.1. The second-order valence-corrected chi connectivity index (χ2v) is 37.9. The first-order valence-corrected chi connectivity index (χ1v) is 45.8. The number of rotatable bonds is 9. The summed E-state index contributed by atoms with van der Waals surface area (Å²) in [5.74, 6) is 0.348. The highest BCUT2D eigenvalue weighted by Gasteiger charge is 2.39. The average molecular weight is 1640 g/mol. The molecule has 0 atom stereocenters. The van der Waals surface area contributed by atoms with Crippen molar-refractivity contribution in [2.75, 3.05) is 0 Å². The van der Waals surface area contributed by atoms with Crippen molar-refractivity contribution >= 4 is 240 Å². The number of hydrogen-bond acceptors (Lipinski definition) is 0. The van der Waals surface area contributed by atoms with Crippen LogP contribution in [0, 0.1) is 0 Å². The van der Waals surface area contributed by atoms with Crippen molar-refractivity contribution in [2.24, 2.45) is 0 Å². The van der Waals surface area contributed by atoms with E-state index in [0.717, 1.165) is 22.7 Å². The van der Waals surface area contributed by atoms with Crippen LogP contribution in [0.2, 0.25) is 0 Å². The van der Waals surface area contributed by atoms with E-state index in [1.165, 1.54) is 273 Å². The number of nitrogens with zero attached hydrogens (tertiary/aromatic N) is 8. The third-order valence-corrected chi connectivity index (χ3v) is 30.2. The summed E-state index contributed by atoms with van der Waals surface area (Å²) in [6.45, 7) is 19.8. The zero-order chi connectivity index (χ0) is 84.3. The molecule has 0 aliphatic carbocycles. The Morgan fingerprint density at radius 2 is 0.414 bits per heavy atom. The predicted octanol–water partition coefficient (Wildman–Crippen LogP) is 32.8. The summed E-state index contributed by atoms with van der Waals surface area (Å²) in [4.78, 5) is 0. The lowest BCUT2D eigenvalue weighted by Gasteiger charge is -2.19. The molecule has 0 spiro atoms. The quantitative estimate of drug-likeness (QED) is 0.138. The van der Waals surface area contributed by atoms with Crippen molar-refractivity contribution in [1.29, 1.82) is 0 Å². The van der Waals surface area contributed by atoms with Gasteiger partial charge in [0.15, 0.2) is 0 Å². The summed E-state index contributed by atoms with van der Waals surface area (Å²) in [6.07, 6.45) is 0. The van der Waals surface area contributed by atoms with Gasteiger partial charge in [0.25, 0.3) is 0 Å². The fourth-order valence-corrected chi connectivity index (χ4v) is 25.9. The van der Waals surface area contributed by atoms with E-state index in [2.05, 4.69) is 419 Å². The number of fused-ring (bicyclic) bond motifs is 40. The van der Waals surface area contributed by atoms with E-state index in [1.54, 1.807) is 0 Å². The van der Waals surface area contributed by atoms with Gasteiger partial charge in [0, 0.05) is 152 Å². The number of benzene rings is 18. The fraction of sp³-hybridized carbons (Fsp3) is 0.100. The summed E-state index contributed by atoms with van der Waals surface area (Å²) < 4.78 is 21.5. The fourth-order valence-electron chi connectivity index (χ4n) is 25.9. The molecule has 12 aromatic heterocycles. The highest BCUT2D eigenvalue weighted by molar-refractivity contribution is 6.42. The average Bonchev–Trinajstić information content (AvgIpc) is 1.48. The van der Waals surface area contributed by atoms with Gasteiger partial charge in [0.2, 0.25) is 0 Å². The van der Waals surface area contributed by atoms with Crippen LogP contribution in [0.15, 0.2) is 328 Å². The highest BCUT2D eigenvalue weighted by Crippen LogP contribution is 2.60. The van der Waals surface area contributed by atoms with Crippen LogP contribution in [0.3, 0.4) is 0 Å². The molecule has 8 nitrogen and oxygen atoms in total. The zero-order valence-electron chi connectivity index (χ0n) is 72.1. The summed E-state index contributed by atoms with van der Waals surface area (Å²) in [5.41, 5.74) is 37.5. The Hall–Kier alpha value is -15.6. The molecule has 602 valence electrons. The molecule has 0 saturated heterocycles. The monoisotopic (exact) mass is 1630 g/mol. The van der Waals surface area contributed by atoms with Crippen LogP contribution in [0.4, 0.5) is 0 Å². The van der Waals surface area contributed by atoms with Gasteiger partial charge < -0.3 is 35.9 Å². The van der Waals surface area contributed by atoms with E-state index in [4.69, 9.17) is 0 Å². The molecule has 0 amide bonds. The van der Waals surface area contributed by atoms with Crippen molar-refractivity contribution < 1.29 is 0 Å². The summed E-state index contributed by atoms with van der Waals surface area (Å²) in [5, 5.41) is 30.7. The Balaban J connectivity index is 0.817. The van der Waals surface area contributed by atoms with E-state index in [0.29, 0.717) is 0 Å². The Labute approximate surface area is 733 Å². The van der Waals surface area contributed by atoms with Crippen molar-refractivity contribution in [3.63, 3.8) is 0 Å². The SMILES string of the molecule is CC(C)c1c2c3cccc4c5c(-c6ccc7c8c(C(C)C)c9c(c(C(C)C)c8n8c7c6c6ccc7c%10ccccc%10n(-c%10ccccc%10)c7c68)c6cccc7c8ccc%10c%11ccccc%11n(-c%11ccccc%11)c%10c8n9c76)cc6c(c7ccccc7n6-c6ccccc6)c5n(c2c(C(C)C)c2c5cccc6c7ccc8c(c9ccccc9n8-c8ccccc8)c7n(c12)c65)c34. The van der Waals surface area contributed by atoms with Crippen LogP contribution in [0.25, 0.3) is 273 Å². The van der Waals surface area contributed by atoms with Gasteiger partial charge in [-0.15, -0.1) is 0 Å². The molecule has 0 aliphatic heterocycles. The molecule has 18 aromatic carbocycles. The van der Waals surface area contributed by atoms with Crippen LogP contribution >= 0.6 is 0 Å². The molecule has 0 aliphatic rings. The van der Waals surface area contributed by atoms with Crippen molar-refractivity contribution in [3.8, 4) is 33.9 Å². The molecule has 0 N–H and O–H groups in total. The smallest absolute Gasteiger partial charge is 0.0789 e. The van der Waals surface area contributed by atoms with Gasteiger partial charge in [0.05, 0.1) is 110 Å². The summed E-state index contributed by atoms with van der Waals surface area (Å²) in [7, 11) is 0. The van der Waals surface area contributed by atoms with Gasteiger partial charge in [-0.05, 0) is 142 Å². The Kier molecular flexibility index (Phi) is 13.2. The second kappa shape index (κ2) is 24.3. The number of hydrogen-bond donors (Lipinski definition) is 0. The van der Waals surface area contributed by atoms with Crippen LogP contribution in [0.5, 0.6) is 0 Å². The van der Waals surface area contributed by atoms with Crippen LogP contribution in [-0.2, 0) is 0 Å². The standard InChI is InChI=1S/C120H82N8/c1-63(2)95-105-85-49-31-46-82-100-88(62-94-102(81-43-24-28-53-92(81)122(94)68-34-15-10-16-35-68)120(100)127(109(82)85)118(105)96(64(3)4)103-83-47-29-44-74-78-60-61-93-101(110(78)125(107(74)83)116(95)103)80-42-23-27-52-91(80)121(93)67-32-13-9-14-33-67)73-54-58-87-106-98(66(7)8)117-104(84-48-30-45-75-79-56-55-76-71-40-21-25-50-89(71)123(69-36-17-11-18-37-69)112(76)114(79)126(117)108(75)84)97(65(5)6)119(106)128-111(87)99(73)86-59-57-77-72-41-22-26-51-90(72)124(113(77)115(86)128)70-38-19-12-20-39-70/h9-66H,1-8H3. The van der Waals surface area contributed by atoms with Gasteiger partial charge in [0.1, 0.15) is 0 Å².